The fourth-order valence-electron chi connectivity index (χ4n) is 4.44. The van der Waals surface area contributed by atoms with E-state index >= 15 is 0 Å². The van der Waals surface area contributed by atoms with Crippen molar-refractivity contribution in [3.8, 4) is 0 Å². The minimum Gasteiger partial charge on any atom is -0.459 e. The van der Waals surface area contributed by atoms with Crippen molar-refractivity contribution in [3.05, 3.63) is 108 Å². The number of hydrogen-bond donors (Lipinski definition) is 1. The average Bonchev–Trinajstić information content (AvgIpc) is 3.62. The maximum atomic E-state index is 13.3. The summed E-state index contributed by atoms with van der Waals surface area (Å²) in [5.41, 5.74) is 6.20. The molecule has 5 rings (SSSR count). The summed E-state index contributed by atoms with van der Waals surface area (Å²) >= 11 is 0. The number of esters is 3. The van der Waals surface area contributed by atoms with Crippen LogP contribution in [0.4, 0.5) is 0 Å². The summed E-state index contributed by atoms with van der Waals surface area (Å²) in [5, 5.41) is 4.05. The molecule has 2 aliphatic heterocycles. The summed E-state index contributed by atoms with van der Waals surface area (Å²) < 4.78 is 24.5. The minimum absolute atomic E-state index is 0.235. The molecule has 0 aliphatic carbocycles. The van der Waals surface area contributed by atoms with Crippen LogP contribution in [-0.4, -0.2) is 75.4 Å². The van der Waals surface area contributed by atoms with Crippen molar-refractivity contribution in [1.82, 2.24) is 19.7 Å². The Labute approximate surface area is 240 Å². The van der Waals surface area contributed by atoms with Crippen LogP contribution in [0.2, 0.25) is 0 Å². The number of rotatable bonds is 9. The predicted octanol–water partition coefficient (Wildman–Crippen LogP) is 2.00. The third-order valence-corrected chi connectivity index (χ3v) is 6.46. The van der Waals surface area contributed by atoms with Gasteiger partial charge < -0.3 is 29.6 Å². The standard InChI is InChI=1S/C29H27N5O8/c1-33-14-8-13-20(15-33)29(38)41-22-21(16-39-27(36)18-9-4-2-5-10-18)40-26(34-17-31-25(32-34)24(30)35)23(22)42-28(37)19-11-6-3-7-12-19/h2-12,14-15,17,21-23,26H,13,16H2,1H3,(H2,30,35)/t21-,22-,23-,26-/m1/s1. The van der Waals surface area contributed by atoms with E-state index in [1.54, 1.807) is 91.1 Å². The lowest BCUT2D eigenvalue weighted by molar-refractivity contribution is -0.152. The molecule has 3 heterocycles. The van der Waals surface area contributed by atoms with Crippen LogP contribution in [0.1, 0.15) is 44.0 Å². The van der Waals surface area contributed by atoms with Gasteiger partial charge in [0.05, 0.1) is 16.7 Å². The van der Waals surface area contributed by atoms with Crippen molar-refractivity contribution in [3.63, 3.8) is 0 Å². The zero-order chi connectivity index (χ0) is 29.6. The van der Waals surface area contributed by atoms with Gasteiger partial charge in [-0.15, -0.1) is 5.10 Å². The van der Waals surface area contributed by atoms with Crippen molar-refractivity contribution in [2.45, 2.75) is 31.0 Å². The van der Waals surface area contributed by atoms with E-state index in [4.69, 9.17) is 24.7 Å². The Hall–Kier alpha value is -5.30. The lowest BCUT2D eigenvalue weighted by Crippen LogP contribution is -2.41. The van der Waals surface area contributed by atoms with Crippen molar-refractivity contribution >= 4 is 23.8 Å². The van der Waals surface area contributed by atoms with Crippen LogP contribution in [0, 0.1) is 0 Å². The number of benzene rings is 2. The molecule has 4 atom stereocenters. The number of carbonyl (C=O) groups is 4. The number of aromatic nitrogens is 3. The molecule has 0 spiro atoms. The first-order valence-electron chi connectivity index (χ1n) is 12.9. The van der Waals surface area contributed by atoms with Gasteiger partial charge in [-0.05, 0) is 30.5 Å². The summed E-state index contributed by atoms with van der Waals surface area (Å²) in [4.78, 5) is 56.4. The van der Waals surface area contributed by atoms with Gasteiger partial charge in [0.25, 0.3) is 5.91 Å². The zero-order valence-corrected chi connectivity index (χ0v) is 22.4. The average molecular weight is 574 g/mol. The second-order valence-electron chi connectivity index (χ2n) is 9.46. The topological polar surface area (TPSA) is 165 Å². The molecule has 0 radical (unpaired) electrons. The van der Waals surface area contributed by atoms with Gasteiger partial charge in [0, 0.05) is 19.7 Å². The van der Waals surface area contributed by atoms with Crippen LogP contribution in [0.5, 0.6) is 0 Å². The van der Waals surface area contributed by atoms with Gasteiger partial charge in [-0.3, -0.25) is 4.79 Å². The molecule has 2 aliphatic rings. The fraction of sp³-hybridized carbons (Fsp3) is 0.241. The van der Waals surface area contributed by atoms with Crippen LogP contribution < -0.4 is 5.73 Å². The molecule has 1 fully saturated rings. The Bertz CT molecular complexity index is 1520. The molecule has 1 saturated heterocycles. The van der Waals surface area contributed by atoms with E-state index in [-0.39, 0.29) is 18.0 Å². The fourth-order valence-corrected chi connectivity index (χ4v) is 4.44. The molecule has 13 nitrogen and oxygen atoms in total. The van der Waals surface area contributed by atoms with Gasteiger partial charge in [-0.2, -0.15) is 0 Å². The SMILES string of the molecule is CN1C=CCC(C(=O)O[C@H]2[C@@H](OC(=O)c3ccccc3)[C@H](n3cnc(C(N)=O)n3)O[C@@H]2COC(=O)c2ccccc2)=C1. The molecule has 42 heavy (non-hydrogen) atoms. The van der Waals surface area contributed by atoms with Gasteiger partial charge in [0.15, 0.2) is 18.4 Å². The van der Waals surface area contributed by atoms with Crippen molar-refractivity contribution < 1.29 is 38.1 Å². The Balaban J connectivity index is 1.46. The number of nitrogens with zero attached hydrogens (tertiary/aromatic N) is 4. The summed E-state index contributed by atoms with van der Waals surface area (Å²) in [5.74, 6) is -3.24. The van der Waals surface area contributed by atoms with E-state index in [1.165, 1.54) is 6.33 Å². The molecule has 3 aromatic rings. The number of hydrogen-bond acceptors (Lipinski definition) is 11. The Morgan fingerprint density at radius 3 is 2.19 bits per heavy atom. The minimum atomic E-state index is -1.29. The largest absolute Gasteiger partial charge is 0.459 e. The quantitative estimate of drug-likeness (QED) is 0.294. The number of ether oxygens (including phenoxy) is 4. The first-order chi connectivity index (χ1) is 20.3. The Kier molecular flexibility index (Phi) is 8.39. The zero-order valence-electron chi connectivity index (χ0n) is 22.4. The molecule has 0 unspecified atom stereocenters. The van der Waals surface area contributed by atoms with E-state index in [0.29, 0.717) is 17.6 Å². The predicted molar refractivity (Wildman–Crippen MR) is 144 cm³/mol. The van der Waals surface area contributed by atoms with E-state index in [0.717, 1.165) is 4.68 Å². The summed E-state index contributed by atoms with van der Waals surface area (Å²) in [6.07, 6.45) is 1.82. The van der Waals surface area contributed by atoms with Crippen LogP contribution in [0.15, 0.2) is 91.0 Å². The van der Waals surface area contributed by atoms with Crippen molar-refractivity contribution in [1.29, 1.82) is 0 Å². The molecule has 13 heteroatoms. The smallest absolute Gasteiger partial charge is 0.338 e. The van der Waals surface area contributed by atoms with Gasteiger partial charge in [-0.25, -0.2) is 24.0 Å². The number of nitrogens with two attached hydrogens (primary N) is 1. The van der Waals surface area contributed by atoms with Crippen molar-refractivity contribution in [2.75, 3.05) is 13.7 Å². The Morgan fingerprint density at radius 1 is 0.929 bits per heavy atom. The highest BCUT2D eigenvalue weighted by atomic mass is 16.7. The first-order valence-corrected chi connectivity index (χ1v) is 12.9. The number of amides is 1. The van der Waals surface area contributed by atoms with Gasteiger partial charge >= 0.3 is 17.9 Å². The third-order valence-electron chi connectivity index (χ3n) is 6.46. The van der Waals surface area contributed by atoms with E-state index in [9.17, 15) is 19.2 Å². The first kappa shape index (κ1) is 28.2. The highest BCUT2D eigenvalue weighted by molar-refractivity contribution is 5.91. The monoisotopic (exact) mass is 573 g/mol. The molecule has 216 valence electrons. The molecule has 2 N–H and O–H groups in total. The molecule has 0 saturated carbocycles. The van der Waals surface area contributed by atoms with E-state index in [1.807, 2.05) is 0 Å². The summed E-state index contributed by atoms with van der Waals surface area (Å²) in [6, 6.07) is 16.5. The maximum Gasteiger partial charge on any atom is 0.338 e. The molecular weight excluding hydrogens is 546 g/mol. The number of allylic oxidation sites excluding steroid dienone is 1. The third kappa shape index (κ3) is 6.36. The molecule has 1 amide bonds. The highest BCUT2D eigenvalue weighted by Gasteiger charge is 2.52. The second-order valence-corrected chi connectivity index (χ2v) is 9.46. The van der Waals surface area contributed by atoms with Gasteiger partial charge in [0.2, 0.25) is 5.82 Å². The molecular formula is C29H27N5O8. The van der Waals surface area contributed by atoms with Crippen LogP contribution in [0.3, 0.4) is 0 Å². The summed E-state index contributed by atoms with van der Waals surface area (Å²) in [7, 11) is 1.76. The lowest BCUT2D eigenvalue weighted by Gasteiger charge is -2.25. The second kappa shape index (κ2) is 12.5. The normalized spacial score (nSPS) is 21.4. The Morgan fingerprint density at radius 2 is 1.57 bits per heavy atom. The molecule has 1 aromatic heterocycles. The molecule has 0 bridgehead atoms. The van der Waals surface area contributed by atoms with Gasteiger partial charge in [-0.1, -0.05) is 42.5 Å². The van der Waals surface area contributed by atoms with Crippen LogP contribution >= 0.6 is 0 Å². The van der Waals surface area contributed by atoms with Crippen LogP contribution in [0.25, 0.3) is 0 Å². The van der Waals surface area contributed by atoms with E-state index in [2.05, 4.69) is 10.1 Å². The highest BCUT2D eigenvalue weighted by Crippen LogP contribution is 2.35. The van der Waals surface area contributed by atoms with Gasteiger partial charge in [0.1, 0.15) is 19.0 Å². The molecule has 2 aromatic carbocycles. The lowest BCUT2D eigenvalue weighted by atomic mass is 10.1. The summed E-state index contributed by atoms with van der Waals surface area (Å²) in [6.45, 7) is -0.363. The van der Waals surface area contributed by atoms with Crippen molar-refractivity contribution in [2.24, 2.45) is 5.73 Å². The number of carbonyl (C=O) groups excluding carboxylic acids is 4. The number of primary amides is 1. The van der Waals surface area contributed by atoms with Crippen LogP contribution in [-0.2, 0) is 23.7 Å². The van der Waals surface area contributed by atoms with E-state index < -0.39 is 48.4 Å². The maximum absolute atomic E-state index is 13.3.